The number of nitrogens with zero attached hydrogens (tertiary/aromatic N) is 2. The fourth-order valence-electron chi connectivity index (χ4n) is 2.60. The average molecular weight is 375 g/mol. The van der Waals surface area contributed by atoms with Gasteiger partial charge in [-0.2, -0.15) is 4.98 Å². The minimum Gasteiger partial charge on any atom is -0.483 e. The molecule has 1 N–H and O–H groups in total. The normalized spacial score (nSPS) is 10.6. The van der Waals surface area contributed by atoms with Crippen molar-refractivity contribution in [2.24, 2.45) is 0 Å². The summed E-state index contributed by atoms with van der Waals surface area (Å²) in [6.45, 7) is 0.165. The molecule has 0 atom stereocenters. The van der Waals surface area contributed by atoms with Crippen molar-refractivity contribution in [1.82, 2.24) is 15.5 Å². The Morgan fingerprint density at radius 2 is 1.82 bits per heavy atom. The van der Waals surface area contributed by atoms with Crippen LogP contribution in [0.5, 0.6) is 5.75 Å². The predicted octanol–water partition coefficient (Wildman–Crippen LogP) is 3.69. The van der Waals surface area contributed by atoms with Crippen LogP contribution in [0.15, 0.2) is 81.9 Å². The highest BCUT2D eigenvalue weighted by Crippen LogP contribution is 2.30. The monoisotopic (exact) mass is 375 g/mol. The van der Waals surface area contributed by atoms with E-state index in [1.165, 1.54) is 0 Å². The molecule has 2 heterocycles. The topological polar surface area (TPSA) is 90.4 Å². The van der Waals surface area contributed by atoms with Crippen LogP contribution in [-0.2, 0) is 11.3 Å². The number of carbonyl (C=O) groups is 1. The Bertz CT molecular complexity index is 1040. The van der Waals surface area contributed by atoms with Crippen molar-refractivity contribution in [3.63, 3.8) is 0 Å². The Morgan fingerprint density at radius 1 is 1.00 bits per heavy atom. The van der Waals surface area contributed by atoms with E-state index < -0.39 is 0 Å². The number of furan rings is 1. The summed E-state index contributed by atoms with van der Waals surface area (Å²) in [5.41, 5.74) is 1.48. The zero-order valence-electron chi connectivity index (χ0n) is 14.9. The largest absolute Gasteiger partial charge is 0.483 e. The molecule has 7 nitrogen and oxygen atoms in total. The molecule has 0 radical (unpaired) electrons. The highest BCUT2D eigenvalue weighted by atomic mass is 16.5. The molecule has 0 saturated carbocycles. The lowest BCUT2D eigenvalue weighted by molar-refractivity contribution is -0.123. The van der Waals surface area contributed by atoms with Gasteiger partial charge in [-0.05, 0) is 24.3 Å². The number of rotatable bonds is 7. The number of nitrogens with one attached hydrogen (secondary N) is 1. The highest BCUT2D eigenvalue weighted by Gasteiger charge is 2.15. The molecule has 0 bridgehead atoms. The Hall–Kier alpha value is -3.87. The maximum atomic E-state index is 12.0. The molecule has 0 unspecified atom stereocenters. The Labute approximate surface area is 161 Å². The van der Waals surface area contributed by atoms with Gasteiger partial charge in [0.15, 0.2) is 6.61 Å². The number of benzene rings is 2. The Balaban J connectivity index is 1.44. The van der Waals surface area contributed by atoms with E-state index in [0.29, 0.717) is 35.3 Å². The van der Waals surface area contributed by atoms with Crippen LogP contribution < -0.4 is 10.1 Å². The SMILES string of the molecule is O=C(COc1ccccc1-c1nc(-c2ccccc2)no1)NCc1ccco1. The van der Waals surface area contributed by atoms with Crippen LogP contribution in [0.2, 0.25) is 0 Å². The van der Waals surface area contributed by atoms with Gasteiger partial charge >= 0.3 is 0 Å². The van der Waals surface area contributed by atoms with Gasteiger partial charge in [-0.15, -0.1) is 0 Å². The van der Waals surface area contributed by atoms with E-state index in [1.807, 2.05) is 42.5 Å². The van der Waals surface area contributed by atoms with Crippen molar-refractivity contribution in [2.45, 2.75) is 6.54 Å². The molecule has 4 aromatic rings. The van der Waals surface area contributed by atoms with Crippen LogP contribution in [0, 0.1) is 0 Å². The molecule has 28 heavy (non-hydrogen) atoms. The summed E-state index contributed by atoms with van der Waals surface area (Å²) in [7, 11) is 0. The van der Waals surface area contributed by atoms with Gasteiger partial charge in [0.05, 0.1) is 18.4 Å². The molecule has 7 heteroatoms. The van der Waals surface area contributed by atoms with Crippen molar-refractivity contribution in [2.75, 3.05) is 6.61 Å². The van der Waals surface area contributed by atoms with Crippen LogP contribution >= 0.6 is 0 Å². The van der Waals surface area contributed by atoms with Gasteiger partial charge in [0, 0.05) is 5.56 Å². The molecule has 0 aliphatic heterocycles. The lowest BCUT2D eigenvalue weighted by Crippen LogP contribution is -2.28. The molecule has 4 rings (SSSR count). The second-order valence-corrected chi connectivity index (χ2v) is 5.93. The quantitative estimate of drug-likeness (QED) is 0.530. The van der Waals surface area contributed by atoms with E-state index in [1.54, 1.807) is 30.5 Å². The first-order chi connectivity index (χ1) is 13.8. The van der Waals surface area contributed by atoms with E-state index >= 15 is 0 Å². The third-order valence-electron chi connectivity index (χ3n) is 3.97. The van der Waals surface area contributed by atoms with Crippen LogP contribution in [-0.4, -0.2) is 22.7 Å². The third-order valence-corrected chi connectivity index (χ3v) is 3.97. The summed E-state index contributed by atoms with van der Waals surface area (Å²) >= 11 is 0. The second kappa shape index (κ2) is 8.22. The first kappa shape index (κ1) is 17.5. The molecular formula is C21H17N3O4. The number of aromatic nitrogens is 2. The minimum atomic E-state index is -0.262. The minimum absolute atomic E-state index is 0.141. The van der Waals surface area contributed by atoms with Gasteiger partial charge in [-0.3, -0.25) is 4.79 Å². The Morgan fingerprint density at radius 3 is 2.64 bits per heavy atom. The molecular weight excluding hydrogens is 358 g/mol. The summed E-state index contributed by atoms with van der Waals surface area (Å²) in [5, 5.41) is 6.76. The van der Waals surface area contributed by atoms with Crippen molar-refractivity contribution in [1.29, 1.82) is 0 Å². The van der Waals surface area contributed by atoms with E-state index in [9.17, 15) is 4.79 Å². The molecule has 0 saturated heterocycles. The summed E-state index contributed by atoms with van der Waals surface area (Å²) in [6.07, 6.45) is 1.56. The maximum absolute atomic E-state index is 12.0. The van der Waals surface area contributed by atoms with Gasteiger partial charge < -0.3 is 19.0 Å². The van der Waals surface area contributed by atoms with E-state index in [2.05, 4.69) is 15.5 Å². The van der Waals surface area contributed by atoms with Crippen molar-refractivity contribution >= 4 is 5.91 Å². The van der Waals surface area contributed by atoms with Gasteiger partial charge in [-0.1, -0.05) is 47.6 Å². The van der Waals surface area contributed by atoms with Gasteiger partial charge in [-0.25, -0.2) is 0 Å². The first-order valence-electron chi connectivity index (χ1n) is 8.70. The molecule has 1 amide bonds. The number of carbonyl (C=O) groups excluding carboxylic acids is 1. The van der Waals surface area contributed by atoms with E-state index in [0.717, 1.165) is 5.56 Å². The molecule has 0 aliphatic rings. The molecule has 0 fully saturated rings. The Kier molecular flexibility index (Phi) is 5.15. The number of ether oxygens (including phenoxy) is 1. The second-order valence-electron chi connectivity index (χ2n) is 5.93. The van der Waals surface area contributed by atoms with E-state index in [4.69, 9.17) is 13.7 Å². The number of amides is 1. The lowest BCUT2D eigenvalue weighted by atomic mass is 10.2. The van der Waals surface area contributed by atoms with Crippen LogP contribution in [0.4, 0.5) is 0 Å². The fraction of sp³-hybridized carbons (Fsp3) is 0.0952. The van der Waals surface area contributed by atoms with Crippen LogP contribution in [0.3, 0.4) is 0 Å². The molecule has 0 spiro atoms. The van der Waals surface area contributed by atoms with Gasteiger partial charge in [0.2, 0.25) is 5.82 Å². The first-order valence-corrected chi connectivity index (χ1v) is 8.70. The zero-order chi connectivity index (χ0) is 19.2. The number of hydrogen-bond donors (Lipinski definition) is 1. The summed E-state index contributed by atoms with van der Waals surface area (Å²) in [4.78, 5) is 16.5. The van der Waals surface area contributed by atoms with Gasteiger partial charge in [0.1, 0.15) is 11.5 Å². The zero-order valence-corrected chi connectivity index (χ0v) is 14.9. The highest BCUT2D eigenvalue weighted by molar-refractivity contribution is 5.77. The maximum Gasteiger partial charge on any atom is 0.262 e. The molecule has 140 valence electrons. The van der Waals surface area contributed by atoms with Gasteiger partial charge in [0.25, 0.3) is 11.8 Å². The van der Waals surface area contributed by atoms with Crippen molar-refractivity contribution in [3.8, 4) is 28.6 Å². The van der Waals surface area contributed by atoms with Crippen molar-refractivity contribution < 1.29 is 18.5 Å². The predicted molar refractivity (Wildman–Crippen MR) is 101 cm³/mol. The summed E-state index contributed by atoms with van der Waals surface area (Å²) in [5.74, 6) is 1.71. The smallest absolute Gasteiger partial charge is 0.262 e. The average Bonchev–Trinajstić information content (AvgIpc) is 3.44. The van der Waals surface area contributed by atoms with E-state index in [-0.39, 0.29) is 12.5 Å². The number of para-hydroxylation sites is 1. The van der Waals surface area contributed by atoms with Crippen molar-refractivity contribution in [3.05, 3.63) is 78.8 Å². The van der Waals surface area contributed by atoms with Crippen LogP contribution in [0.1, 0.15) is 5.76 Å². The third kappa shape index (κ3) is 4.09. The molecule has 2 aromatic carbocycles. The summed E-state index contributed by atoms with van der Waals surface area (Å²) < 4.78 is 16.2. The standard InChI is InChI=1S/C21H17N3O4/c25-19(22-13-16-9-6-12-26-16)14-27-18-11-5-4-10-17(18)21-23-20(24-28-21)15-7-2-1-3-8-15/h1-12H,13-14H2,(H,22,25). The number of hydrogen-bond acceptors (Lipinski definition) is 6. The molecule has 0 aliphatic carbocycles. The fourth-order valence-corrected chi connectivity index (χ4v) is 2.60. The summed E-state index contributed by atoms with van der Waals surface area (Å²) in [6, 6.07) is 20.3. The molecule has 2 aromatic heterocycles. The lowest BCUT2D eigenvalue weighted by Gasteiger charge is -2.09. The van der Waals surface area contributed by atoms with Crippen LogP contribution in [0.25, 0.3) is 22.8 Å².